The number of aromatic hydroxyl groups is 1. The molecule has 3 aromatic rings. The van der Waals surface area contributed by atoms with Crippen LogP contribution in [0.4, 0.5) is 5.82 Å². The van der Waals surface area contributed by atoms with Crippen molar-refractivity contribution in [2.24, 2.45) is 0 Å². The average molecular weight is 485 g/mol. The van der Waals surface area contributed by atoms with Crippen molar-refractivity contribution in [3.05, 3.63) is 64.9 Å². The molecule has 5 nitrogen and oxygen atoms in total. The van der Waals surface area contributed by atoms with E-state index < -0.39 is 0 Å². The Labute approximate surface area is 209 Å². The zero-order valence-corrected chi connectivity index (χ0v) is 22.1. The summed E-state index contributed by atoms with van der Waals surface area (Å²) in [6, 6.07) is 12.5. The van der Waals surface area contributed by atoms with Gasteiger partial charge in [-0.3, -0.25) is 0 Å². The van der Waals surface area contributed by atoms with Crippen molar-refractivity contribution < 1.29 is 14.3 Å². The number of phenols is 1. The van der Waals surface area contributed by atoms with Gasteiger partial charge in [0, 0.05) is 35.4 Å². The van der Waals surface area contributed by atoms with E-state index in [1.165, 1.54) is 11.1 Å². The van der Waals surface area contributed by atoms with E-state index in [4.69, 9.17) is 14.1 Å². The molecule has 1 N–H and O–H groups in total. The van der Waals surface area contributed by atoms with E-state index in [-0.39, 0.29) is 29.5 Å². The third-order valence-corrected chi connectivity index (χ3v) is 6.31. The van der Waals surface area contributed by atoms with Crippen LogP contribution in [0.25, 0.3) is 11.5 Å². The van der Waals surface area contributed by atoms with Gasteiger partial charge in [-0.2, -0.15) is 4.98 Å². The van der Waals surface area contributed by atoms with Gasteiger partial charge in [-0.15, -0.1) is 12.4 Å². The number of aromatic nitrogens is 1. The van der Waals surface area contributed by atoms with Gasteiger partial charge in [-0.1, -0.05) is 65.8 Å². The molecule has 0 aliphatic carbocycles. The van der Waals surface area contributed by atoms with E-state index in [1.54, 1.807) is 6.26 Å². The highest BCUT2D eigenvalue weighted by atomic mass is 35.5. The topological polar surface area (TPSA) is 58.7 Å². The van der Waals surface area contributed by atoms with Crippen molar-refractivity contribution in [3.8, 4) is 17.2 Å². The molecule has 1 aliphatic rings. The zero-order chi connectivity index (χ0) is 24.0. The zero-order valence-electron chi connectivity index (χ0n) is 21.3. The molecule has 2 heterocycles. The number of anilines is 1. The highest BCUT2D eigenvalue weighted by Gasteiger charge is 2.31. The van der Waals surface area contributed by atoms with Crippen LogP contribution in [0.15, 0.2) is 47.1 Å². The Morgan fingerprint density at radius 2 is 1.68 bits per heavy atom. The first-order valence-electron chi connectivity index (χ1n) is 11.8. The van der Waals surface area contributed by atoms with E-state index in [0.29, 0.717) is 18.2 Å². The molecule has 1 aliphatic heterocycles. The van der Waals surface area contributed by atoms with Gasteiger partial charge in [0.05, 0.1) is 0 Å². The van der Waals surface area contributed by atoms with Crippen LogP contribution in [0.3, 0.4) is 0 Å². The standard InChI is InChI=1S/C28H36N2O3.ClH/c1-8-32-26-20-12-10-9-11-18(20)13-14-30(26)23-17-33-25(29-23)19-15-21(27(2,3)4)24(31)22(16-19)28(5,6)7;/h9-12,15-17,26,31H,8,13-14H2,1-7H3;1H. The van der Waals surface area contributed by atoms with Crippen LogP contribution < -0.4 is 4.90 Å². The van der Waals surface area contributed by atoms with E-state index in [1.807, 2.05) is 19.1 Å². The molecular weight excluding hydrogens is 448 g/mol. The van der Waals surface area contributed by atoms with Crippen LogP contribution in [0, 0.1) is 0 Å². The van der Waals surface area contributed by atoms with Gasteiger partial charge in [0.2, 0.25) is 5.89 Å². The third kappa shape index (κ3) is 4.96. The molecule has 0 saturated carbocycles. The summed E-state index contributed by atoms with van der Waals surface area (Å²) in [4.78, 5) is 7.06. The van der Waals surface area contributed by atoms with E-state index in [9.17, 15) is 5.11 Å². The lowest BCUT2D eigenvalue weighted by atomic mass is 9.78. The minimum absolute atomic E-state index is 0. The molecule has 1 aromatic heterocycles. The van der Waals surface area contributed by atoms with Gasteiger partial charge in [-0.25, -0.2) is 0 Å². The maximum absolute atomic E-state index is 11.1. The number of benzene rings is 2. The quantitative estimate of drug-likeness (QED) is 0.425. The smallest absolute Gasteiger partial charge is 0.227 e. The average Bonchev–Trinajstić information content (AvgIpc) is 3.22. The molecular formula is C28H37ClN2O3. The van der Waals surface area contributed by atoms with Crippen molar-refractivity contribution >= 4 is 18.2 Å². The second kappa shape index (κ2) is 9.63. The van der Waals surface area contributed by atoms with Gasteiger partial charge >= 0.3 is 0 Å². The van der Waals surface area contributed by atoms with Gasteiger partial charge in [-0.05, 0) is 41.9 Å². The minimum atomic E-state index is -0.216. The summed E-state index contributed by atoms with van der Waals surface area (Å²) < 4.78 is 12.1. The van der Waals surface area contributed by atoms with Crippen molar-refractivity contribution in [3.63, 3.8) is 0 Å². The summed E-state index contributed by atoms with van der Waals surface area (Å²) >= 11 is 0. The monoisotopic (exact) mass is 484 g/mol. The molecule has 0 saturated heterocycles. The summed E-state index contributed by atoms with van der Waals surface area (Å²) in [6.07, 6.45) is 2.46. The molecule has 0 fully saturated rings. The molecule has 4 rings (SSSR count). The molecule has 184 valence electrons. The number of ether oxygens (including phenoxy) is 1. The molecule has 34 heavy (non-hydrogen) atoms. The largest absolute Gasteiger partial charge is 0.507 e. The number of hydrogen-bond donors (Lipinski definition) is 1. The minimum Gasteiger partial charge on any atom is -0.507 e. The van der Waals surface area contributed by atoms with Crippen LogP contribution in [-0.4, -0.2) is 23.2 Å². The molecule has 1 atom stereocenters. The maximum Gasteiger partial charge on any atom is 0.227 e. The Bertz CT molecular complexity index is 1110. The number of hydrogen-bond acceptors (Lipinski definition) is 5. The van der Waals surface area contributed by atoms with E-state index in [2.05, 4.69) is 70.7 Å². The first kappa shape index (κ1) is 26.1. The fraction of sp³-hybridized carbons (Fsp3) is 0.464. The first-order valence-corrected chi connectivity index (χ1v) is 11.8. The van der Waals surface area contributed by atoms with Crippen LogP contribution in [0.5, 0.6) is 5.75 Å². The summed E-state index contributed by atoms with van der Waals surface area (Å²) in [6.45, 7) is 16.1. The lowest BCUT2D eigenvalue weighted by Gasteiger charge is -2.36. The van der Waals surface area contributed by atoms with Gasteiger partial charge in [0.25, 0.3) is 0 Å². The Morgan fingerprint density at radius 3 is 2.26 bits per heavy atom. The number of phenolic OH excluding ortho intramolecular Hbond substituents is 1. The number of nitrogens with zero attached hydrogens (tertiary/aromatic N) is 2. The van der Waals surface area contributed by atoms with Crippen molar-refractivity contribution in [2.45, 2.75) is 71.9 Å². The van der Waals surface area contributed by atoms with E-state index >= 15 is 0 Å². The van der Waals surface area contributed by atoms with Crippen LogP contribution >= 0.6 is 12.4 Å². The van der Waals surface area contributed by atoms with Crippen LogP contribution in [0.2, 0.25) is 0 Å². The molecule has 2 aromatic carbocycles. The fourth-order valence-electron chi connectivity index (χ4n) is 4.53. The number of oxazole rings is 1. The van der Waals surface area contributed by atoms with Gasteiger partial charge in [0.15, 0.2) is 12.0 Å². The summed E-state index contributed by atoms with van der Waals surface area (Å²) in [5, 5.41) is 11.1. The third-order valence-electron chi connectivity index (χ3n) is 6.31. The van der Waals surface area contributed by atoms with Crippen molar-refractivity contribution in [2.75, 3.05) is 18.1 Å². The van der Waals surface area contributed by atoms with Gasteiger partial charge in [0.1, 0.15) is 12.0 Å². The van der Waals surface area contributed by atoms with Crippen molar-refractivity contribution in [1.82, 2.24) is 4.98 Å². The molecule has 6 heteroatoms. The summed E-state index contributed by atoms with van der Waals surface area (Å²) in [5.41, 5.74) is 4.73. The Kier molecular flexibility index (Phi) is 7.40. The highest BCUT2D eigenvalue weighted by Crippen LogP contribution is 2.42. The SMILES string of the molecule is CCOC1c2ccccc2CCN1c1coc(-c2cc(C(C)(C)C)c(O)c(C(C)(C)C)c2)n1.Cl. The summed E-state index contributed by atoms with van der Waals surface area (Å²) in [5.74, 6) is 1.67. The fourth-order valence-corrected chi connectivity index (χ4v) is 4.53. The molecule has 0 spiro atoms. The number of fused-ring (bicyclic) bond motifs is 1. The normalized spacial score (nSPS) is 16.2. The van der Waals surface area contributed by atoms with Crippen LogP contribution in [-0.2, 0) is 22.0 Å². The Hall–Kier alpha value is -2.50. The highest BCUT2D eigenvalue weighted by molar-refractivity contribution is 5.85. The first-order chi connectivity index (χ1) is 15.5. The Balaban J connectivity index is 0.00000324. The maximum atomic E-state index is 11.1. The number of rotatable bonds is 4. The van der Waals surface area contributed by atoms with Gasteiger partial charge < -0.3 is 19.2 Å². The molecule has 1 unspecified atom stereocenters. The lowest BCUT2D eigenvalue weighted by Crippen LogP contribution is -2.37. The van der Waals surface area contributed by atoms with Crippen molar-refractivity contribution in [1.29, 1.82) is 0 Å². The molecule has 0 amide bonds. The predicted molar refractivity (Wildman–Crippen MR) is 140 cm³/mol. The predicted octanol–water partition coefficient (Wildman–Crippen LogP) is 7.16. The molecule has 0 radical (unpaired) electrons. The lowest BCUT2D eigenvalue weighted by molar-refractivity contribution is 0.0549. The second-order valence-electron chi connectivity index (χ2n) is 10.9. The number of halogens is 1. The summed E-state index contributed by atoms with van der Waals surface area (Å²) in [7, 11) is 0. The van der Waals surface area contributed by atoms with E-state index in [0.717, 1.165) is 35.5 Å². The molecule has 0 bridgehead atoms. The van der Waals surface area contributed by atoms with Crippen LogP contribution in [0.1, 0.15) is 76.9 Å². The second-order valence-corrected chi connectivity index (χ2v) is 10.9. The Morgan fingerprint density at radius 1 is 1.06 bits per heavy atom.